The van der Waals surface area contributed by atoms with Crippen LogP contribution in [0.5, 0.6) is 11.5 Å². The number of Topliss-reactive ketones (excluding diaryl/α,β-unsaturated/α-hetero) is 1. The maximum Gasteiger partial charge on any atom is 0.227 e. The summed E-state index contributed by atoms with van der Waals surface area (Å²) in [4.78, 5) is 18.2. The number of carbonyl (C=O) groups excluding carboxylic acids is 1. The first-order valence-corrected chi connectivity index (χ1v) is 13.8. The molecular formula is C27H38N4O3S. The zero-order valence-electron chi connectivity index (χ0n) is 21.6. The van der Waals surface area contributed by atoms with Crippen molar-refractivity contribution in [2.45, 2.75) is 83.8 Å². The molecule has 0 fully saturated rings. The van der Waals surface area contributed by atoms with Crippen LogP contribution in [0.15, 0.2) is 34.6 Å². The Bertz CT molecular complexity index is 1090. The molecule has 1 aromatic carbocycles. The van der Waals surface area contributed by atoms with E-state index in [0.29, 0.717) is 24.7 Å². The van der Waals surface area contributed by atoms with Crippen molar-refractivity contribution in [1.82, 2.24) is 14.8 Å². The van der Waals surface area contributed by atoms with Crippen molar-refractivity contribution in [2.24, 2.45) is 5.41 Å². The molecule has 35 heavy (non-hydrogen) atoms. The molecule has 2 aliphatic rings. The third-order valence-electron chi connectivity index (χ3n) is 6.55. The van der Waals surface area contributed by atoms with Crippen molar-refractivity contribution in [3.8, 4) is 11.5 Å². The zero-order valence-corrected chi connectivity index (χ0v) is 22.5. The zero-order chi connectivity index (χ0) is 25.0. The van der Waals surface area contributed by atoms with Gasteiger partial charge in [-0.15, -0.1) is 5.10 Å². The van der Waals surface area contributed by atoms with Gasteiger partial charge in [-0.25, -0.2) is 4.68 Å². The van der Waals surface area contributed by atoms with Crippen LogP contribution in [-0.4, -0.2) is 40.0 Å². The monoisotopic (exact) mass is 498 g/mol. The fourth-order valence-corrected chi connectivity index (χ4v) is 5.69. The first kappa shape index (κ1) is 25.6. The molecule has 1 unspecified atom stereocenters. The van der Waals surface area contributed by atoms with Crippen LogP contribution in [0, 0.1) is 5.41 Å². The van der Waals surface area contributed by atoms with E-state index in [9.17, 15) is 4.79 Å². The predicted molar refractivity (Wildman–Crippen MR) is 140 cm³/mol. The molecule has 190 valence electrons. The van der Waals surface area contributed by atoms with Crippen LogP contribution < -0.4 is 14.8 Å². The number of unbranched alkanes of at least 4 members (excludes halogenated alkanes) is 3. The minimum Gasteiger partial charge on any atom is -0.493 e. The fraction of sp³-hybridized carbons (Fsp3) is 0.593. The predicted octanol–water partition coefficient (Wildman–Crippen LogP) is 6.41. The Labute approximate surface area is 213 Å². The Morgan fingerprint density at radius 1 is 1.14 bits per heavy atom. The van der Waals surface area contributed by atoms with Crippen molar-refractivity contribution in [1.29, 1.82) is 0 Å². The number of carbonyl (C=O) groups is 1. The second-order valence-electron chi connectivity index (χ2n) is 10.2. The first-order valence-electron chi connectivity index (χ1n) is 12.8. The third kappa shape index (κ3) is 5.68. The van der Waals surface area contributed by atoms with Gasteiger partial charge in [0.15, 0.2) is 17.3 Å². The molecule has 7 nitrogen and oxygen atoms in total. The lowest BCUT2D eigenvalue weighted by Gasteiger charge is -2.38. The Kier molecular flexibility index (Phi) is 8.09. The average Bonchev–Trinajstić information content (AvgIpc) is 3.22. The molecule has 0 saturated heterocycles. The highest BCUT2D eigenvalue weighted by atomic mass is 32.2. The second kappa shape index (κ2) is 11.1. The fourth-order valence-electron chi connectivity index (χ4n) is 4.77. The van der Waals surface area contributed by atoms with Crippen LogP contribution in [0.25, 0.3) is 0 Å². The van der Waals surface area contributed by atoms with Gasteiger partial charge in [-0.1, -0.05) is 64.8 Å². The van der Waals surface area contributed by atoms with Gasteiger partial charge < -0.3 is 14.8 Å². The number of hydrogen-bond donors (Lipinski definition) is 1. The molecule has 0 amide bonds. The summed E-state index contributed by atoms with van der Waals surface area (Å²) >= 11 is 1.66. The summed E-state index contributed by atoms with van der Waals surface area (Å²) in [6.07, 6.45) is 6.86. The summed E-state index contributed by atoms with van der Waals surface area (Å²) in [6.45, 7) is 9.30. The van der Waals surface area contributed by atoms with Gasteiger partial charge in [-0.05, 0) is 42.4 Å². The third-order valence-corrected chi connectivity index (χ3v) is 7.47. The minimum absolute atomic E-state index is 0.0950. The van der Waals surface area contributed by atoms with Crippen molar-refractivity contribution >= 4 is 23.5 Å². The number of ether oxygens (including phenoxy) is 2. The summed E-state index contributed by atoms with van der Waals surface area (Å²) in [7, 11) is 1.66. The van der Waals surface area contributed by atoms with E-state index in [-0.39, 0.29) is 17.2 Å². The van der Waals surface area contributed by atoms with Gasteiger partial charge in [0.05, 0.1) is 13.7 Å². The maximum atomic E-state index is 13.5. The highest BCUT2D eigenvalue weighted by Gasteiger charge is 2.42. The maximum absolute atomic E-state index is 13.5. The Hall–Kier alpha value is -2.48. The van der Waals surface area contributed by atoms with E-state index in [4.69, 9.17) is 19.6 Å². The first-order chi connectivity index (χ1) is 16.9. The normalized spacial score (nSPS) is 18.7. The summed E-state index contributed by atoms with van der Waals surface area (Å²) in [6, 6.07) is 5.62. The molecule has 2 aromatic rings. The van der Waals surface area contributed by atoms with E-state index in [1.54, 1.807) is 18.9 Å². The van der Waals surface area contributed by atoms with Crippen molar-refractivity contribution in [2.75, 3.05) is 24.8 Å². The van der Waals surface area contributed by atoms with Gasteiger partial charge in [0.1, 0.15) is 6.04 Å². The molecule has 1 aliphatic heterocycles. The minimum atomic E-state index is -0.346. The van der Waals surface area contributed by atoms with E-state index in [1.807, 2.05) is 22.9 Å². The highest BCUT2D eigenvalue weighted by Crippen LogP contribution is 2.46. The molecule has 0 bridgehead atoms. The lowest BCUT2D eigenvalue weighted by atomic mass is 9.73. The molecular weight excluding hydrogens is 460 g/mol. The number of aromatic nitrogens is 3. The van der Waals surface area contributed by atoms with Crippen LogP contribution in [0.1, 0.15) is 84.2 Å². The molecule has 2 heterocycles. The molecule has 0 saturated carbocycles. The van der Waals surface area contributed by atoms with Crippen LogP contribution >= 0.6 is 11.8 Å². The van der Waals surface area contributed by atoms with Crippen molar-refractivity contribution < 1.29 is 14.3 Å². The SMILES string of the molecule is CCCCCOc1ccc(C2C3=C(CC(C)(C)CC3=O)Nc3nc(SCCCC)nn32)cc1OC. The summed E-state index contributed by atoms with van der Waals surface area (Å²) in [5.41, 5.74) is 2.59. The van der Waals surface area contributed by atoms with Crippen LogP contribution in [-0.2, 0) is 4.79 Å². The van der Waals surface area contributed by atoms with E-state index in [0.717, 1.165) is 72.0 Å². The van der Waals surface area contributed by atoms with Gasteiger partial charge in [0, 0.05) is 23.4 Å². The number of ketones is 1. The second-order valence-corrected chi connectivity index (χ2v) is 11.3. The molecule has 1 N–H and O–H groups in total. The largest absolute Gasteiger partial charge is 0.493 e. The van der Waals surface area contributed by atoms with Gasteiger partial charge in [-0.3, -0.25) is 4.79 Å². The average molecular weight is 499 g/mol. The number of hydrogen-bond acceptors (Lipinski definition) is 7. The van der Waals surface area contributed by atoms with Gasteiger partial charge in [0.2, 0.25) is 11.1 Å². The van der Waals surface area contributed by atoms with E-state index >= 15 is 0 Å². The van der Waals surface area contributed by atoms with Crippen LogP contribution in [0.4, 0.5) is 5.95 Å². The molecule has 8 heteroatoms. The summed E-state index contributed by atoms with van der Waals surface area (Å²) in [5.74, 6) is 3.22. The molecule has 1 aromatic heterocycles. The number of methoxy groups -OCH3 is 1. The Morgan fingerprint density at radius 2 is 1.94 bits per heavy atom. The standard InChI is InChI=1S/C27H38N4O3S/c1-6-8-10-13-34-21-12-11-18(15-22(21)33-5)24-23-19(16-27(3,4)17-20(23)32)28-25-29-26(30-31(24)25)35-14-9-7-2/h11-12,15,24H,6-10,13-14,16-17H2,1-5H3,(H,28,29,30). The number of rotatable bonds is 11. The van der Waals surface area contributed by atoms with Gasteiger partial charge in [0.25, 0.3) is 0 Å². The topological polar surface area (TPSA) is 78.3 Å². The lowest BCUT2D eigenvalue weighted by Crippen LogP contribution is -2.36. The number of fused-ring (bicyclic) bond motifs is 1. The van der Waals surface area contributed by atoms with E-state index < -0.39 is 0 Å². The smallest absolute Gasteiger partial charge is 0.227 e. The number of nitrogens with zero attached hydrogens (tertiary/aromatic N) is 3. The Morgan fingerprint density at radius 3 is 2.69 bits per heavy atom. The van der Waals surface area contributed by atoms with Gasteiger partial charge in [-0.2, -0.15) is 4.98 Å². The quantitative estimate of drug-likeness (QED) is 0.283. The number of thioether (sulfide) groups is 1. The number of benzene rings is 1. The number of allylic oxidation sites excluding steroid dienone is 2. The molecule has 1 aliphatic carbocycles. The van der Waals surface area contributed by atoms with Crippen LogP contribution in [0.3, 0.4) is 0 Å². The highest BCUT2D eigenvalue weighted by molar-refractivity contribution is 7.99. The Balaban J connectivity index is 1.72. The van der Waals surface area contributed by atoms with Crippen molar-refractivity contribution in [3.05, 3.63) is 35.0 Å². The molecule has 0 spiro atoms. The van der Waals surface area contributed by atoms with E-state index in [1.165, 1.54) is 0 Å². The molecule has 4 rings (SSSR count). The molecule has 1 atom stereocenters. The van der Waals surface area contributed by atoms with E-state index in [2.05, 4.69) is 33.0 Å². The van der Waals surface area contributed by atoms with Crippen LogP contribution in [0.2, 0.25) is 0 Å². The van der Waals surface area contributed by atoms with Crippen molar-refractivity contribution in [3.63, 3.8) is 0 Å². The summed E-state index contributed by atoms with van der Waals surface area (Å²) in [5, 5.41) is 9.03. The number of nitrogens with one attached hydrogen (secondary N) is 1. The summed E-state index contributed by atoms with van der Waals surface area (Å²) < 4.78 is 13.6. The lowest BCUT2D eigenvalue weighted by molar-refractivity contribution is -0.118. The van der Waals surface area contributed by atoms with Gasteiger partial charge >= 0.3 is 0 Å². The number of anilines is 1. The molecule has 0 radical (unpaired) electrons.